The van der Waals surface area contributed by atoms with E-state index in [1.807, 2.05) is 17.0 Å². The van der Waals surface area contributed by atoms with Gasteiger partial charge < -0.3 is 14.2 Å². The van der Waals surface area contributed by atoms with Gasteiger partial charge in [0.2, 0.25) is 5.91 Å². The van der Waals surface area contributed by atoms with Gasteiger partial charge in [0, 0.05) is 24.1 Å². The van der Waals surface area contributed by atoms with Gasteiger partial charge in [0.05, 0.1) is 11.3 Å². The molecular weight excluding hydrogens is 340 g/mol. The van der Waals surface area contributed by atoms with Gasteiger partial charge in [-0.3, -0.25) is 4.79 Å². The number of carbonyl (C=O) groups excluding carboxylic acids is 2. The van der Waals surface area contributed by atoms with E-state index in [1.54, 1.807) is 25.1 Å². The molecule has 1 saturated heterocycles. The van der Waals surface area contributed by atoms with E-state index in [2.05, 4.69) is 5.16 Å². The molecule has 1 fully saturated rings. The zero-order chi connectivity index (χ0) is 17.6. The van der Waals surface area contributed by atoms with Crippen molar-refractivity contribution in [2.45, 2.75) is 31.3 Å². The second-order valence-electron chi connectivity index (χ2n) is 5.88. The van der Waals surface area contributed by atoms with Crippen molar-refractivity contribution in [2.75, 3.05) is 18.8 Å². The minimum Gasteiger partial charge on any atom is -0.455 e. The fourth-order valence-electron chi connectivity index (χ4n) is 2.66. The molecule has 25 heavy (non-hydrogen) atoms. The van der Waals surface area contributed by atoms with Crippen LogP contribution in [0.4, 0.5) is 0 Å². The zero-order valence-corrected chi connectivity index (χ0v) is 14.9. The Labute approximate surface area is 150 Å². The van der Waals surface area contributed by atoms with Crippen LogP contribution in [0.5, 0.6) is 0 Å². The van der Waals surface area contributed by atoms with E-state index in [4.69, 9.17) is 9.26 Å². The van der Waals surface area contributed by atoms with Crippen molar-refractivity contribution in [3.8, 4) is 0 Å². The summed E-state index contributed by atoms with van der Waals surface area (Å²) in [6.45, 7) is 3.50. The summed E-state index contributed by atoms with van der Waals surface area (Å²) >= 11 is 1.37. The number of aryl methyl sites for hydroxylation is 1. The van der Waals surface area contributed by atoms with Crippen molar-refractivity contribution in [2.24, 2.45) is 0 Å². The van der Waals surface area contributed by atoms with Gasteiger partial charge in [-0.25, -0.2) is 4.79 Å². The van der Waals surface area contributed by atoms with E-state index < -0.39 is 5.97 Å². The quantitative estimate of drug-likeness (QED) is 0.582. The highest BCUT2D eigenvalue weighted by Gasteiger charge is 2.19. The number of ether oxygens (including phenoxy) is 1. The Kier molecular flexibility index (Phi) is 5.75. The number of nitrogens with zero attached hydrogens (tertiary/aromatic N) is 2. The smallest absolute Gasteiger partial charge is 0.339 e. The standard InChI is InChI=1S/C18H20N2O4S/c1-13-10-14(19-24-13)11-23-18(22)15-6-2-3-7-16(15)25-12-17(21)20-8-4-5-9-20/h2-3,6-7,10H,4-5,8-9,11-12H2,1H3. The van der Waals surface area contributed by atoms with Crippen molar-refractivity contribution >= 4 is 23.6 Å². The van der Waals surface area contributed by atoms with Crippen LogP contribution in [0.1, 0.15) is 34.7 Å². The maximum Gasteiger partial charge on any atom is 0.339 e. The summed E-state index contributed by atoms with van der Waals surface area (Å²) in [6, 6.07) is 8.89. The third-order valence-electron chi connectivity index (χ3n) is 3.94. The third kappa shape index (κ3) is 4.63. The summed E-state index contributed by atoms with van der Waals surface area (Å²) in [4.78, 5) is 27.2. The number of thioether (sulfide) groups is 1. The van der Waals surface area contributed by atoms with E-state index in [9.17, 15) is 9.59 Å². The molecule has 0 atom stereocenters. The molecule has 6 nitrogen and oxygen atoms in total. The van der Waals surface area contributed by atoms with Crippen LogP contribution in [0.2, 0.25) is 0 Å². The number of amides is 1. The predicted molar refractivity (Wildman–Crippen MR) is 93.3 cm³/mol. The highest BCUT2D eigenvalue weighted by atomic mass is 32.2. The molecule has 0 bridgehead atoms. The van der Waals surface area contributed by atoms with Crippen LogP contribution < -0.4 is 0 Å². The molecule has 0 spiro atoms. The normalized spacial score (nSPS) is 13.9. The molecule has 0 saturated carbocycles. The number of benzene rings is 1. The number of hydrogen-bond acceptors (Lipinski definition) is 6. The summed E-state index contributed by atoms with van der Waals surface area (Å²) in [5.74, 6) is 0.677. The number of aromatic nitrogens is 1. The Morgan fingerprint density at radius 1 is 1.28 bits per heavy atom. The summed E-state index contributed by atoms with van der Waals surface area (Å²) in [5.41, 5.74) is 1.03. The Balaban J connectivity index is 1.59. The average molecular weight is 360 g/mol. The second-order valence-corrected chi connectivity index (χ2v) is 6.89. The van der Waals surface area contributed by atoms with E-state index >= 15 is 0 Å². The van der Waals surface area contributed by atoms with Crippen molar-refractivity contribution in [3.05, 3.63) is 47.3 Å². The number of carbonyl (C=O) groups is 2. The van der Waals surface area contributed by atoms with Crippen LogP contribution in [0.15, 0.2) is 39.8 Å². The summed E-state index contributed by atoms with van der Waals surface area (Å²) < 4.78 is 10.3. The zero-order valence-electron chi connectivity index (χ0n) is 14.1. The van der Waals surface area contributed by atoms with Gasteiger partial charge in [0.15, 0.2) is 0 Å². The molecule has 3 rings (SSSR count). The first-order chi connectivity index (χ1) is 12.1. The Hall–Kier alpha value is -2.28. The second kappa shape index (κ2) is 8.20. The molecule has 0 aliphatic carbocycles. The molecule has 1 amide bonds. The van der Waals surface area contributed by atoms with Crippen molar-refractivity contribution in [1.82, 2.24) is 10.1 Å². The minimum atomic E-state index is -0.433. The van der Waals surface area contributed by atoms with Gasteiger partial charge in [-0.2, -0.15) is 0 Å². The molecule has 1 aliphatic rings. The SMILES string of the molecule is Cc1cc(COC(=O)c2ccccc2SCC(=O)N2CCCC2)no1. The van der Waals surface area contributed by atoms with Crippen LogP contribution in [-0.2, 0) is 16.1 Å². The highest BCUT2D eigenvalue weighted by Crippen LogP contribution is 2.24. The lowest BCUT2D eigenvalue weighted by atomic mass is 10.2. The molecule has 1 aromatic carbocycles. The first kappa shape index (κ1) is 17.5. The number of esters is 1. The molecule has 7 heteroatoms. The van der Waals surface area contributed by atoms with Gasteiger partial charge in [-0.15, -0.1) is 11.8 Å². The molecule has 1 aromatic heterocycles. The lowest BCUT2D eigenvalue weighted by Gasteiger charge is -2.15. The average Bonchev–Trinajstić information content (AvgIpc) is 3.29. The van der Waals surface area contributed by atoms with Crippen molar-refractivity contribution in [1.29, 1.82) is 0 Å². The number of hydrogen-bond donors (Lipinski definition) is 0. The third-order valence-corrected chi connectivity index (χ3v) is 5.00. The van der Waals surface area contributed by atoms with Crippen LogP contribution in [-0.4, -0.2) is 40.8 Å². The van der Waals surface area contributed by atoms with Gasteiger partial charge in [-0.1, -0.05) is 17.3 Å². The van der Waals surface area contributed by atoms with Crippen LogP contribution >= 0.6 is 11.8 Å². The van der Waals surface area contributed by atoms with Gasteiger partial charge in [0.1, 0.15) is 18.1 Å². The summed E-state index contributed by atoms with van der Waals surface area (Å²) in [5, 5.41) is 3.80. The molecule has 2 heterocycles. The van der Waals surface area contributed by atoms with Crippen LogP contribution in [0.25, 0.3) is 0 Å². The Morgan fingerprint density at radius 2 is 2.04 bits per heavy atom. The lowest BCUT2D eigenvalue weighted by molar-refractivity contribution is -0.127. The van der Waals surface area contributed by atoms with Crippen molar-refractivity contribution in [3.63, 3.8) is 0 Å². The van der Waals surface area contributed by atoms with E-state index in [1.165, 1.54) is 11.8 Å². The van der Waals surface area contributed by atoms with Gasteiger partial charge in [-0.05, 0) is 31.9 Å². The van der Waals surface area contributed by atoms with Crippen molar-refractivity contribution < 1.29 is 18.8 Å². The minimum absolute atomic E-state index is 0.0574. The molecular formula is C18H20N2O4S. The fourth-order valence-corrected chi connectivity index (χ4v) is 3.60. The molecule has 0 unspecified atom stereocenters. The predicted octanol–water partition coefficient (Wildman–Crippen LogP) is 3.05. The van der Waals surface area contributed by atoms with E-state index in [0.29, 0.717) is 22.8 Å². The molecule has 132 valence electrons. The summed E-state index contributed by atoms with van der Waals surface area (Å²) in [7, 11) is 0. The molecule has 1 aliphatic heterocycles. The number of likely N-dealkylation sites (tertiary alicyclic amines) is 1. The first-order valence-corrected chi connectivity index (χ1v) is 9.21. The van der Waals surface area contributed by atoms with Crippen LogP contribution in [0.3, 0.4) is 0 Å². The fraction of sp³-hybridized carbons (Fsp3) is 0.389. The maximum atomic E-state index is 12.4. The van der Waals surface area contributed by atoms with E-state index in [0.717, 1.165) is 30.8 Å². The molecule has 0 N–H and O–H groups in total. The largest absolute Gasteiger partial charge is 0.455 e. The Morgan fingerprint density at radius 3 is 2.76 bits per heavy atom. The summed E-state index contributed by atoms with van der Waals surface area (Å²) in [6.07, 6.45) is 2.14. The Bertz CT molecular complexity index is 753. The highest BCUT2D eigenvalue weighted by molar-refractivity contribution is 8.00. The topological polar surface area (TPSA) is 72.6 Å². The number of rotatable bonds is 6. The first-order valence-electron chi connectivity index (χ1n) is 8.22. The lowest BCUT2D eigenvalue weighted by Crippen LogP contribution is -2.29. The van der Waals surface area contributed by atoms with E-state index in [-0.39, 0.29) is 12.5 Å². The molecule has 2 aromatic rings. The maximum absolute atomic E-state index is 12.4. The molecule has 0 radical (unpaired) electrons. The van der Waals surface area contributed by atoms with Gasteiger partial charge in [0.25, 0.3) is 0 Å². The van der Waals surface area contributed by atoms with Crippen LogP contribution in [0, 0.1) is 6.92 Å². The monoisotopic (exact) mass is 360 g/mol. The van der Waals surface area contributed by atoms with Gasteiger partial charge >= 0.3 is 5.97 Å².